The molecule has 2 rings (SSSR count). The van der Waals surface area contributed by atoms with Crippen LogP contribution in [0.4, 0.5) is 0 Å². The topological polar surface area (TPSA) is 68.8 Å². The normalized spacial score (nSPS) is 23.0. The van der Waals surface area contributed by atoms with Crippen LogP contribution in [-0.4, -0.2) is 45.4 Å². The first-order valence-corrected chi connectivity index (χ1v) is 8.89. The molecule has 140 valence electrons. The summed E-state index contributed by atoms with van der Waals surface area (Å²) in [6, 6.07) is 4.39. The third-order valence-electron chi connectivity index (χ3n) is 4.63. The molecule has 3 unspecified atom stereocenters. The SMILES string of the molecule is CCCC1CC(NC(=O)c2cc(OC)c(OC)c(OC)c2)CC(C)N1. The lowest BCUT2D eigenvalue weighted by molar-refractivity contribution is 0.0917. The zero-order chi connectivity index (χ0) is 18.4. The second kappa shape index (κ2) is 8.94. The van der Waals surface area contributed by atoms with Crippen LogP contribution in [0.1, 0.15) is 49.9 Å². The standard InChI is InChI=1S/C19H30N2O4/c1-6-7-14-11-15(8-12(2)20-14)21-19(22)13-9-16(23-3)18(25-5)17(10-13)24-4/h9-10,12,14-15,20H,6-8,11H2,1-5H3,(H,21,22). The maximum atomic E-state index is 12.7. The molecule has 6 nitrogen and oxygen atoms in total. The Morgan fingerprint density at radius 3 is 2.32 bits per heavy atom. The van der Waals surface area contributed by atoms with Gasteiger partial charge in [-0.1, -0.05) is 13.3 Å². The van der Waals surface area contributed by atoms with Gasteiger partial charge in [0.2, 0.25) is 5.75 Å². The minimum absolute atomic E-state index is 0.117. The Labute approximate surface area is 150 Å². The minimum Gasteiger partial charge on any atom is -0.493 e. The van der Waals surface area contributed by atoms with Crippen LogP contribution in [0.25, 0.3) is 0 Å². The summed E-state index contributed by atoms with van der Waals surface area (Å²) < 4.78 is 16.0. The Morgan fingerprint density at radius 2 is 1.80 bits per heavy atom. The summed E-state index contributed by atoms with van der Waals surface area (Å²) in [5.41, 5.74) is 0.507. The summed E-state index contributed by atoms with van der Waals surface area (Å²) in [4.78, 5) is 12.7. The number of rotatable bonds is 7. The van der Waals surface area contributed by atoms with E-state index in [9.17, 15) is 4.79 Å². The van der Waals surface area contributed by atoms with Crippen molar-refractivity contribution in [2.45, 2.75) is 57.7 Å². The van der Waals surface area contributed by atoms with Crippen LogP contribution in [0.2, 0.25) is 0 Å². The molecular formula is C19H30N2O4. The van der Waals surface area contributed by atoms with Crippen LogP contribution in [0, 0.1) is 0 Å². The van der Waals surface area contributed by atoms with E-state index in [4.69, 9.17) is 14.2 Å². The lowest BCUT2D eigenvalue weighted by Gasteiger charge is -2.35. The first kappa shape index (κ1) is 19.4. The third-order valence-corrected chi connectivity index (χ3v) is 4.63. The van der Waals surface area contributed by atoms with Gasteiger partial charge in [0.05, 0.1) is 21.3 Å². The van der Waals surface area contributed by atoms with E-state index in [2.05, 4.69) is 24.5 Å². The van der Waals surface area contributed by atoms with Gasteiger partial charge in [0.15, 0.2) is 11.5 Å². The molecule has 0 radical (unpaired) electrons. The monoisotopic (exact) mass is 350 g/mol. The van der Waals surface area contributed by atoms with E-state index in [1.807, 2.05) is 0 Å². The van der Waals surface area contributed by atoms with Crippen molar-refractivity contribution in [1.82, 2.24) is 10.6 Å². The highest BCUT2D eigenvalue weighted by Crippen LogP contribution is 2.38. The van der Waals surface area contributed by atoms with Crippen molar-refractivity contribution in [3.8, 4) is 17.2 Å². The fraction of sp³-hybridized carbons (Fsp3) is 0.632. The Morgan fingerprint density at radius 1 is 1.16 bits per heavy atom. The molecule has 1 fully saturated rings. The highest BCUT2D eigenvalue weighted by molar-refractivity contribution is 5.95. The molecular weight excluding hydrogens is 320 g/mol. The number of benzene rings is 1. The van der Waals surface area contributed by atoms with Crippen molar-refractivity contribution in [3.63, 3.8) is 0 Å². The summed E-state index contributed by atoms with van der Waals surface area (Å²) in [5, 5.41) is 6.77. The fourth-order valence-corrected chi connectivity index (χ4v) is 3.55. The van der Waals surface area contributed by atoms with Crippen LogP contribution in [0.5, 0.6) is 17.2 Å². The molecule has 1 amide bonds. The van der Waals surface area contributed by atoms with Crippen molar-refractivity contribution in [2.75, 3.05) is 21.3 Å². The lowest BCUT2D eigenvalue weighted by atomic mass is 9.92. The second-order valence-electron chi connectivity index (χ2n) is 6.61. The van der Waals surface area contributed by atoms with E-state index in [0.29, 0.717) is 34.9 Å². The van der Waals surface area contributed by atoms with Crippen LogP contribution < -0.4 is 24.8 Å². The smallest absolute Gasteiger partial charge is 0.251 e. The fourth-order valence-electron chi connectivity index (χ4n) is 3.55. The van der Waals surface area contributed by atoms with Crippen molar-refractivity contribution in [2.24, 2.45) is 0 Å². The predicted molar refractivity (Wildman–Crippen MR) is 97.9 cm³/mol. The molecule has 6 heteroatoms. The third kappa shape index (κ3) is 4.78. The number of hydrogen-bond donors (Lipinski definition) is 2. The van der Waals surface area contributed by atoms with E-state index in [0.717, 1.165) is 25.7 Å². The van der Waals surface area contributed by atoms with Gasteiger partial charge in [-0.25, -0.2) is 0 Å². The summed E-state index contributed by atoms with van der Waals surface area (Å²) in [5.74, 6) is 1.33. The summed E-state index contributed by atoms with van der Waals surface area (Å²) in [6.45, 7) is 4.35. The zero-order valence-corrected chi connectivity index (χ0v) is 15.8. The first-order chi connectivity index (χ1) is 12.0. The van der Waals surface area contributed by atoms with Gasteiger partial charge in [0.25, 0.3) is 5.91 Å². The van der Waals surface area contributed by atoms with E-state index in [1.165, 1.54) is 0 Å². The molecule has 2 N–H and O–H groups in total. The quantitative estimate of drug-likeness (QED) is 0.791. The van der Waals surface area contributed by atoms with Crippen molar-refractivity contribution in [1.29, 1.82) is 0 Å². The maximum absolute atomic E-state index is 12.7. The molecule has 1 aliphatic rings. The molecule has 3 atom stereocenters. The largest absolute Gasteiger partial charge is 0.493 e. The van der Waals surface area contributed by atoms with Crippen molar-refractivity contribution >= 4 is 5.91 Å². The first-order valence-electron chi connectivity index (χ1n) is 8.89. The number of amides is 1. The van der Waals surface area contributed by atoms with Gasteiger partial charge in [-0.15, -0.1) is 0 Å². The van der Waals surface area contributed by atoms with Gasteiger partial charge in [-0.05, 0) is 38.3 Å². The molecule has 0 aliphatic carbocycles. The van der Waals surface area contributed by atoms with Crippen LogP contribution in [0.15, 0.2) is 12.1 Å². The molecule has 25 heavy (non-hydrogen) atoms. The molecule has 0 aromatic heterocycles. The van der Waals surface area contributed by atoms with E-state index >= 15 is 0 Å². The van der Waals surface area contributed by atoms with Gasteiger partial charge < -0.3 is 24.8 Å². The predicted octanol–water partition coefficient (Wildman–Crippen LogP) is 2.75. The number of methoxy groups -OCH3 is 3. The van der Waals surface area contributed by atoms with E-state index in [1.54, 1.807) is 33.5 Å². The van der Waals surface area contributed by atoms with Crippen LogP contribution in [0.3, 0.4) is 0 Å². The van der Waals surface area contributed by atoms with Gasteiger partial charge >= 0.3 is 0 Å². The van der Waals surface area contributed by atoms with Gasteiger partial charge in [-0.3, -0.25) is 4.79 Å². The molecule has 0 bridgehead atoms. The average Bonchev–Trinajstić information content (AvgIpc) is 2.60. The minimum atomic E-state index is -0.117. The summed E-state index contributed by atoms with van der Waals surface area (Å²) in [6.07, 6.45) is 4.14. The second-order valence-corrected chi connectivity index (χ2v) is 6.61. The number of ether oxygens (including phenoxy) is 3. The Bertz CT molecular complexity index is 566. The maximum Gasteiger partial charge on any atom is 0.251 e. The van der Waals surface area contributed by atoms with Crippen molar-refractivity contribution in [3.05, 3.63) is 17.7 Å². The van der Waals surface area contributed by atoms with Gasteiger partial charge in [0.1, 0.15) is 0 Å². The van der Waals surface area contributed by atoms with Gasteiger partial charge in [0, 0.05) is 23.7 Å². The number of piperidine rings is 1. The highest BCUT2D eigenvalue weighted by atomic mass is 16.5. The van der Waals surface area contributed by atoms with E-state index < -0.39 is 0 Å². The molecule has 1 heterocycles. The number of carbonyl (C=O) groups is 1. The Balaban J connectivity index is 2.14. The molecule has 0 spiro atoms. The number of hydrogen-bond acceptors (Lipinski definition) is 5. The summed E-state index contributed by atoms with van der Waals surface area (Å²) in [7, 11) is 4.63. The van der Waals surface area contributed by atoms with Crippen LogP contribution in [-0.2, 0) is 0 Å². The average molecular weight is 350 g/mol. The van der Waals surface area contributed by atoms with Crippen molar-refractivity contribution < 1.29 is 19.0 Å². The molecule has 1 aromatic carbocycles. The number of nitrogens with one attached hydrogen (secondary N) is 2. The number of carbonyl (C=O) groups excluding carboxylic acids is 1. The molecule has 1 saturated heterocycles. The highest BCUT2D eigenvalue weighted by Gasteiger charge is 2.27. The lowest BCUT2D eigenvalue weighted by Crippen LogP contribution is -2.51. The molecule has 0 saturated carbocycles. The molecule has 1 aliphatic heterocycles. The molecule has 1 aromatic rings. The summed E-state index contributed by atoms with van der Waals surface area (Å²) >= 11 is 0. The van der Waals surface area contributed by atoms with Crippen LogP contribution >= 0.6 is 0 Å². The Hall–Kier alpha value is -1.95. The zero-order valence-electron chi connectivity index (χ0n) is 15.8. The Kier molecular flexibility index (Phi) is 6.93. The van der Waals surface area contributed by atoms with E-state index in [-0.39, 0.29) is 11.9 Å². The van der Waals surface area contributed by atoms with Gasteiger partial charge in [-0.2, -0.15) is 0 Å².